The number of aromatic nitrogens is 2. The summed E-state index contributed by atoms with van der Waals surface area (Å²) in [6.07, 6.45) is 3.26. The van der Waals surface area contributed by atoms with Crippen molar-refractivity contribution < 1.29 is 4.74 Å². The molecule has 2 heterocycles. The topological polar surface area (TPSA) is 56.5 Å². The van der Waals surface area contributed by atoms with Crippen LogP contribution in [0.25, 0.3) is 0 Å². The maximum Gasteiger partial charge on any atom is 0.330 e. The standard InChI is InChI=1S/C17H20ClN3O3/c1-19-11-14(16(22)20(2)17(19)23)21-9-7-12(8-10-21)24-15-6-4-3-5-13(15)18/h3-6,11-12H,7-10H2,1-2H3. The van der Waals surface area contributed by atoms with Crippen LogP contribution in [0.2, 0.25) is 5.02 Å². The molecule has 0 spiro atoms. The molecule has 2 aromatic rings. The van der Waals surface area contributed by atoms with Crippen LogP contribution in [0.3, 0.4) is 0 Å². The fourth-order valence-electron chi connectivity index (χ4n) is 2.94. The van der Waals surface area contributed by atoms with Gasteiger partial charge in [0.2, 0.25) is 0 Å². The number of ether oxygens (including phenoxy) is 1. The van der Waals surface area contributed by atoms with Crippen molar-refractivity contribution in [3.8, 4) is 5.75 Å². The molecular formula is C17H20ClN3O3. The van der Waals surface area contributed by atoms with Crippen LogP contribution in [0.5, 0.6) is 5.75 Å². The van der Waals surface area contributed by atoms with E-state index in [1.165, 1.54) is 11.6 Å². The summed E-state index contributed by atoms with van der Waals surface area (Å²) < 4.78 is 8.54. The van der Waals surface area contributed by atoms with E-state index in [9.17, 15) is 9.59 Å². The highest BCUT2D eigenvalue weighted by atomic mass is 35.5. The van der Waals surface area contributed by atoms with Gasteiger partial charge in [-0.2, -0.15) is 0 Å². The third-order valence-electron chi connectivity index (χ3n) is 4.34. The van der Waals surface area contributed by atoms with E-state index in [1.54, 1.807) is 19.3 Å². The molecule has 6 nitrogen and oxygen atoms in total. The number of rotatable bonds is 3. The number of aryl methyl sites for hydroxylation is 1. The molecule has 128 valence electrons. The maximum atomic E-state index is 12.3. The molecule has 24 heavy (non-hydrogen) atoms. The maximum absolute atomic E-state index is 12.3. The molecule has 0 unspecified atom stereocenters. The summed E-state index contributed by atoms with van der Waals surface area (Å²) >= 11 is 6.13. The Morgan fingerprint density at radius 2 is 1.79 bits per heavy atom. The molecule has 0 amide bonds. The van der Waals surface area contributed by atoms with Gasteiger partial charge in [-0.3, -0.25) is 9.36 Å². The van der Waals surface area contributed by atoms with Gasteiger partial charge in [-0.05, 0) is 12.1 Å². The smallest absolute Gasteiger partial charge is 0.330 e. The lowest BCUT2D eigenvalue weighted by Gasteiger charge is -2.33. The van der Waals surface area contributed by atoms with Crippen LogP contribution in [0.15, 0.2) is 40.1 Å². The number of piperidine rings is 1. The van der Waals surface area contributed by atoms with Gasteiger partial charge in [-0.15, -0.1) is 0 Å². The lowest BCUT2D eigenvalue weighted by atomic mass is 10.1. The van der Waals surface area contributed by atoms with E-state index in [0.717, 1.165) is 17.4 Å². The van der Waals surface area contributed by atoms with Gasteiger partial charge in [0.1, 0.15) is 17.5 Å². The van der Waals surface area contributed by atoms with E-state index < -0.39 is 0 Å². The highest BCUT2D eigenvalue weighted by Gasteiger charge is 2.24. The van der Waals surface area contributed by atoms with Crippen LogP contribution in [0.4, 0.5) is 5.69 Å². The highest BCUT2D eigenvalue weighted by Crippen LogP contribution is 2.27. The zero-order valence-electron chi connectivity index (χ0n) is 13.7. The highest BCUT2D eigenvalue weighted by molar-refractivity contribution is 6.32. The monoisotopic (exact) mass is 349 g/mol. The lowest BCUT2D eigenvalue weighted by molar-refractivity contribution is 0.171. The Labute approximate surface area is 144 Å². The van der Waals surface area contributed by atoms with Gasteiger partial charge in [0.05, 0.1) is 5.02 Å². The van der Waals surface area contributed by atoms with E-state index in [2.05, 4.69) is 0 Å². The first kappa shape index (κ1) is 16.6. The van der Waals surface area contributed by atoms with Crippen molar-refractivity contribution in [1.82, 2.24) is 9.13 Å². The number of benzene rings is 1. The van der Waals surface area contributed by atoms with E-state index in [0.29, 0.717) is 29.5 Å². The molecule has 1 saturated heterocycles. The minimum absolute atomic E-state index is 0.0672. The van der Waals surface area contributed by atoms with Crippen LogP contribution in [-0.2, 0) is 14.1 Å². The number of hydrogen-bond donors (Lipinski definition) is 0. The Kier molecular flexibility index (Phi) is 4.66. The van der Waals surface area contributed by atoms with Crippen molar-refractivity contribution >= 4 is 17.3 Å². The van der Waals surface area contributed by atoms with Crippen LogP contribution < -0.4 is 20.9 Å². The summed E-state index contributed by atoms with van der Waals surface area (Å²) in [7, 11) is 3.15. The molecule has 0 radical (unpaired) electrons. The van der Waals surface area contributed by atoms with Gasteiger partial charge in [0.25, 0.3) is 5.56 Å². The average Bonchev–Trinajstić information content (AvgIpc) is 2.59. The lowest BCUT2D eigenvalue weighted by Crippen LogP contribution is -2.45. The van der Waals surface area contributed by atoms with Crippen molar-refractivity contribution in [3.05, 3.63) is 56.3 Å². The summed E-state index contributed by atoms with van der Waals surface area (Å²) in [5, 5.41) is 0.604. The first-order valence-corrected chi connectivity index (χ1v) is 8.28. The molecule has 0 N–H and O–H groups in total. The minimum atomic E-state index is -0.319. The van der Waals surface area contributed by atoms with Crippen molar-refractivity contribution in [2.45, 2.75) is 18.9 Å². The summed E-state index contributed by atoms with van der Waals surface area (Å²) in [6.45, 7) is 1.39. The van der Waals surface area contributed by atoms with Crippen molar-refractivity contribution in [3.63, 3.8) is 0 Å². The molecule has 0 atom stereocenters. The summed E-state index contributed by atoms with van der Waals surface area (Å²) in [5.41, 5.74) is -0.0277. The number of para-hydroxylation sites is 1. The largest absolute Gasteiger partial charge is 0.489 e. The van der Waals surface area contributed by atoms with Crippen LogP contribution in [0, 0.1) is 0 Å². The first-order chi connectivity index (χ1) is 11.5. The molecule has 0 saturated carbocycles. The van der Waals surface area contributed by atoms with Crippen LogP contribution in [0.1, 0.15) is 12.8 Å². The Balaban J connectivity index is 1.71. The molecule has 1 aromatic carbocycles. The molecular weight excluding hydrogens is 330 g/mol. The Morgan fingerprint density at radius 3 is 2.46 bits per heavy atom. The number of anilines is 1. The zero-order valence-corrected chi connectivity index (χ0v) is 14.5. The Hall–Kier alpha value is -2.21. The summed E-state index contributed by atoms with van der Waals surface area (Å²) in [6, 6.07) is 7.43. The molecule has 1 fully saturated rings. The number of halogens is 1. The quantitative estimate of drug-likeness (QED) is 0.847. The second-order valence-electron chi connectivity index (χ2n) is 6.01. The second kappa shape index (κ2) is 6.73. The number of nitrogens with zero attached hydrogens (tertiary/aromatic N) is 3. The van der Waals surface area contributed by atoms with Gasteiger partial charge in [0.15, 0.2) is 0 Å². The number of hydrogen-bond acceptors (Lipinski definition) is 4. The van der Waals surface area contributed by atoms with Gasteiger partial charge < -0.3 is 14.2 Å². The summed E-state index contributed by atoms with van der Waals surface area (Å²) in [5.74, 6) is 0.690. The molecule has 0 aliphatic carbocycles. The van der Waals surface area contributed by atoms with Gasteiger partial charge in [0, 0.05) is 46.2 Å². The van der Waals surface area contributed by atoms with E-state index in [-0.39, 0.29) is 17.4 Å². The molecule has 1 aliphatic heterocycles. The second-order valence-corrected chi connectivity index (χ2v) is 6.41. The van der Waals surface area contributed by atoms with Crippen molar-refractivity contribution in [1.29, 1.82) is 0 Å². The van der Waals surface area contributed by atoms with Gasteiger partial charge >= 0.3 is 5.69 Å². The third-order valence-corrected chi connectivity index (χ3v) is 4.65. The van der Waals surface area contributed by atoms with Crippen molar-refractivity contribution in [2.75, 3.05) is 18.0 Å². The molecule has 0 bridgehead atoms. The fourth-order valence-corrected chi connectivity index (χ4v) is 3.12. The minimum Gasteiger partial charge on any atom is -0.489 e. The molecule has 7 heteroatoms. The SMILES string of the molecule is Cn1cc(N2CCC(Oc3ccccc3Cl)CC2)c(=O)n(C)c1=O. The Morgan fingerprint density at radius 1 is 1.12 bits per heavy atom. The molecule has 1 aliphatic rings. The Bertz CT molecular complexity index is 851. The van der Waals surface area contributed by atoms with Crippen LogP contribution >= 0.6 is 11.6 Å². The van der Waals surface area contributed by atoms with E-state index >= 15 is 0 Å². The fraction of sp³-hybridized carbons (Fsp3) is 0.412. The van der Waals surface area contributed by atoms with E-state index in [1.807, 2.05) is 23.1 Å². The van der Waals surface area contributed by atoms with Crippen LogP contribution in [-0.4, -0.2) is 28.3 Å². The molecule has 1 aromatic heterocycles. The van der Waals surface area contributed by atoms with E-state index in [4.69, 9.17) is 16.3 Å². The predicted octanol–water partition coefficient (Wildman–Crippen LogP) is 1.79. The van der Waals surface area contributed by atoms with Crippen molar-refractivity contribution in [2.24, 2.45) is 14.1 Å². The molecule has 3 rings (SSSR count). The van der Waals surface area contributed by atoms with Gasteiger partial charge in [-0.25, -0.2) is 4.79 Å². The average molecular weight is 350 g/mol. The normalized spacial score (nSPS) is 15.5. The zero-order chi connectivity index (χ0) is 17.3. The predicted molar refractivity (Wildman–Crippen MR) is 94.2 cm³/mol. The third kappa shape index (κ3) is 3.19. The van der Waals surface area contributed by atoms with Gasteiger partial charge in [-0.1, -0.05) is 23.7 Å². The first-order valence-electron chi connectivity index (χ1n) is 7.90. The summed E-state index contributed by atoms with van der Waals surface area (Å²) in [4.78, 5) is 26.1.